The fraction of sp³-hybridized carbons (Fsp3) is 0.150. The number of fused-ring (bicyclic) bond motifs is 2. The number of hydrogen-bond acceptors (Lipinski definition) is 4. The van der Waals surface area contributed by atoms with Crippen molar-refractivity contribution < 1.29 is 4.79 Å². The number of carbonyl (C=O) groups is 1. The van der Waals surface area contributed by atoms with Crippen LogP contribution < -0.4 is 5.32 Å². The molecule has 1 aliphatic rings. The maximum absolute atomic E-state index is 12.5. The van der Waals surface area contributed by atoms with Gasteiger partial charge in [0.2, 0.25) is 0 Å². The molecule has 4 aromatic rings. The lowest BCUT2D eigenvalue weighted by atomic mass is 10.1. The topological polar surface area (TPSA) is 75.6 Å². The van der Waals surface area contributed by atoms with E-state index >= 15 is 0 Å². The molecule has 8 heteroatoms. The fourth-order valence-corrected chi connectivity index (χ4v) is 4.43. The number of H-pyrrole nitrogens is 1. The van der Waals surface area contributed by atoms with Crippen LogP contribution in [-0.2, 0) is 13.1 Å². The van der Waals surface area contributed by atoms with Crippen molar-refractivity contribution in [3.8, 4) is 11.3 Å². The predicted octanol–water partition coefficient (Wildman–Crippen LogP) is 4.12. The van der Waals surface area contributed by atoms with Gasteiger partial charge >= 0.3 is 0 Å². The van der Waals surface area contributed by atoms with Crippen LogP contribution in [0.5, 0.6) is 0 Å². The summed E-state index contributed by atoms with van der Waals surface area (Å²) in [6.45, 7) is 1.29. The molecule has 2 aromatic carbocycles. The quantitative estimate of drug-likeness (QED) is 0.531. The van der Waals surface area contributed by atoms with E-state index in [1.165, 1.54) is 0 Å². The van der Waals surface area contributed by atoms with Crippen molar-refractivity contribution in [1.29, 1.82) is 0 Å². The van der Waals surface area contributed by atoms with Crippen LogP contribution >= 0.6 is 23.4 Å². The first-order chi connectivity index (χ1) is 13.7. The van der Waals surface area contributed by atoms with Gasteiger partial charge in [0.05, 0.1) is 29.5 Å². The number of halogens is 1. The molecule has 5 rings (SSSR count). The van der Waals surface area contributed by atoms with E-state index in [4.69, 9.17) is 11.6 Å². The van der Waals surface area contributed by atoms with Crippen molar-refractivity contribution in [3.63, 3.8) is 0 Å². The maximum Gasteiger partial charge on any atom is 0.251 e. The van der Waals surface area contributed by atoms with Crippen molar-refractivity contribution in [2.75, 3.05) is 5.75 Å². The molecular weight excluding hydrogens is 394 g/mol. The molecule has 0 saturated carbocycles. The van der Waals surface area contributed by atoms with Crippen molar-refractivity contribution in [1.82, 2.24) is 24.8 Å². The zero-order valence-corrected chi connectivity index (χ0v) is 16.3. The number of amides is 1. The second-order valence-electron chi connectivity index (χ2n) is 6.53. The maximum atomic E-state index is 12.5. The van der Waals surface area contributed by atoms with Gasteiger partial charge in [-0.15, -0.1) is 0 Å². The van der Waals surface area contributed by atoms with E-state index in [2.05, 4.69) is 24.8 Å². The largest absolute Gasteiger partial charge is 0.345 e. The Balaban J connectivity index is 1.28. The van der Waals surface area contributed by atoms with Gasteiger partial charge in [0.15, 0.2) is 5.16 Å². The molecule has 3 heterocycles. The van der Waals surface area contributed by atoms with E-state index in [0.717, 1.165) is 39.7 Å². The highest BCUT2D eigenvalue weighted by Crippen LogP contribution is 2.31. The van der Waals surface area contributed by atoms with E-state index in [9.17, 15) is 4.79 Å². The minimum Gasteiger partial charge on any atom is -0.345 e. The lowest BCUT2D eigenvalue weighted by Crippen LogP contribution is -2.23. The number of nitrogens with one attached hydrogen (secondary N) is 2. The molecule has 0 bridgehead atoms. The lowest BCUT2D eigenvalue weighted by molar-refractivity contribution is 0.0950. The molecule has 140 valence electrons. The lowest BCUT2D eigenvalue weighted by Gasteiger charge is -2.07. The first kappa shape index (κ1) is 17.3. The van der Waals surface area contributed by atoms with E-state index in [0.29, 0.717) is 23.0 Å². The van der Waals surface area contributed by atoms with E-state index < -0.39 is 0 Å². The first-order valence-corrected chi connectivity index (χ1v) is 10.2. The molecule has 1 aliphatic heterocycles. The summed E-state index contributed by atoms with van der Waals surface area (Å²) < 4.78 is 2.22. The summed E-state index contributed by atoms with van der Waals surface area (Å²) in [6, 6.07) is 13.1. The number of imidazole rings is 2. The highest BCUT2D eigenvalue weighted by molar-refractivity contribution is 7.99. The zero-order chi connectivity index (χ0) is 19.1. The summed E-state index contributed by atoms with van der Waals surface area (Å²) in [7, 11) is 0. The number of hydrogen-bond donors (Lipinski definition) is 2. The Morgan fingerprint density at radius 2 is 2.11 bits per heavy atom. The average molecular weight is 410 g/mol. The van der Waals surface area contributed by atoms with E-state index in [1.807, 2.05) is 42.6 Å². The Morgan fingerprint density at radius 3 is 2.96 bits per heavy atom. The van der Waals surface area contributed by atoms with Gasteiger partial charge in [0.25, 0.3) is 5.91 Å². The third-order valence-corrected chi connectivity index (χ3v) is 5.92. The highest BCUT2D eigenvalue weighted by Gasteiger charge is 2.17. The third kappa shape index (κ3) is 3.16. The molecule has 2 aromatic heterocycles. The second kappa shape index (κ2) is 7.00. The second-order valence-corrected chi connectivity index (χ2v) is 8.03. The highest BCUT2D eigenvalue weighted by atomic mass is 35.5. The monoisotopic (exact) mass is 409 g/mol. The number of thioether (sulfide) groups is 1. The summed E-state index contributed by atoms with van der Waals surface area (Å²) in [6.07, 6.45) is 1.89. The predicted molar refractivity (Wildman–Crippen MR) is 111 cm³/mol. The number of benzene rings is 2. The Morgan fingerprint density at radius 1 is 1.25 bits per heavy atom. The Hall–Kier alpha value is -2.77. The number of aromatic nitrogens is 4. The average Bonchev–Trinajstić information content (AvgIpc) is 3.41. The molecular formula is C20H16ClN5OS. The van der Waals surface area contributed by atoms with Crippen molar-refractivity contribution in [2.45, 2.75) is 18.2 Å². The molecule has 0 atom stereocenters. The van der Waals surface area contributed by atoms with Crippen molar-refractivity contribution in [2.24, 2.45) is 0 Å². The van der Waals surface area contributed by atoms with Gasteiger partial charge in [-0.05, 0) is 35.9 Å². The number of rotatable bonds is 4. The van der Waals surface area contributed by atoms with Crippen molar-refractivity contribution >= 4 is 40.3 Å². The van der Waals surface area contributed by atoms with Gasteiger partial charge in [0.1, 0.15) is 5.82 Å². The molecule has 6 nitrogen and oxygen atoms in total. The van der Waals surface area contributed by atoms with Crippen molar-refractivity contribution in [3.05, 3.63) is 65.1 Å². The van der Waals surface area contributed by atoms with Crippen LogP contribution in [0.2, 0.25) is 5.02 Å². The van der Waals surface area contributed by atoms with Crippen LogP contribution in [0.15, 0.2) is 53.8 Å². The van der Waals surface area contributed by atoms with Gasteiger partial charge in [0, 0.05) is 22.9 Å². The molecule has 1 amide bonds. The molecule has 0 radical (unpaired) electrons. The number of aromatic amines is 1. The Labute approximate surface area is 170 Å². The van der Waals surface area contributed by atoms with Crippen LogP contribution in [0.25, 0.3) is 22.3 Å². The first-order valence-electron chi connectivity index (χ1n) is 8.88. The summed E-state index contributed by atoms with van der Waals surface area (Å²) in [4.78, 5) is 24.6. The summed E-state index contributed by atoms with van der Waals surface area (Å²) in [5, 5.41) is 4.61. The molecule has 28 heavy (non-hydrogen) atoms. The Kier molecular flexibility index (Phi) is 4.33. The summed E-state index contributed by atoms with van der Waals surface area (Å²) >= 11 is 7.76. The van der Waals surface area contributed by atoms with Crippen LogP contribution in [0.4, 0.5) is 0 Å². The molecule has 2 N–H and O–H groups in total. The van der Waals surface area contributed by atoms with Crippen LogP contribution in [0.3, 0.4) is 0 Å². The van der Waals surface area contributed by atoms with Gasteiger partial charge in [-0.1, -0.05) is 35.5 Å². The normalized spacial score (nSPS) is 13.0. The van der Waals surface area contributed by atoms with Crippen LogP contribution in [0, 0.1) is 0 Å². The fourth-order valence-electron chi connectivity index (χ4n) is 3.33. The molecule has 0 spiro atoms. The molecule has 0 fully saturated rings. The van der Waals surface area contributed by atoms with Gasteiger partial charge in [-0.2, -0.15) is 0 Å². The summed E-state index contributed by atoms with van der Waals surface area (Å²) in [5.74, 6) is 1.61. The van der Waals surface area contributed by atoms with Gasteiger partial charge < -0.3 is 14.9 Å². The number of nitrogens with zero attached hydrogens (tertiary/aromatic N) is 3. The SMILES string of the molecule is O=C(NCc1nc2ccc(Cl)cc2[nH]1)c1ccc(-c2cnc3n2CCS3)cc1. The Bertz CT molecular complexity index is 1180. The standard InChI is InChI=1S/C20H16ClN5OS/c21-14-5-6-15-16(9-14)25-18(24-15)11-22-19(27)13-3-1-12(2-4-13)17-10-23-20-26(17)7-8-28-20/h1-6,9-10H,7-8,11H2,(H,22,27)(H,24,25). The molecule has 0 unspecified atom stereocenters. The van der Waals surface area contributed by atoms with Crippen LogP contribution in [-0.4, -0.2) is 31.2 Å². The minimum absolute atomic E-state index is 0.140. The zero-order valence-electron chi connectivity index (χ0n) is 14.8. The molecule has 0 saturated heterocycles. The third-order valence-electron chi connectivity index (χ3n) is 4.72. The number of carbonyl (C=O) groups excluding carboxylic acids is 1. The smallest absolute Gasteiger partial charge is 0.251 e. The summed E-state index contributed by atoms with van der Waals surface area (Å²) in [5.41, 5.74) is 4.44. The van der Waals surface area contributed by atoms with Gasteiger partial charge in [-0.3, -0.25) is 4.79 Å². The van der Waals surface area contributed by atoms with Crippen LogP contribution in [0.1, 0.15) is 16.2 Å². The van der Waals surface area contributed by atoms with E-state index in [1.54, 1.807) is 17.8 Å². The minimum atomic E-state index is -0.140. The molecule has 0 aliphatic carbocycles. The van der Waals surface area contributed by atoms with Gasteiger partial charge in [-0.25, -0.2) is 9.97 Å². The van der Waals surface area contributed by atoms with E-state index in [-0.39, 0.29) is 5.91 Å².